The molecule has 2 aliphatic rings. The second kappa shape index (κ2) is 12.0. The third-order valence-electron chi connectivity index (χ3n) is 8.62. The van der Waals surface area contributed by atoms with Crippen LogP contribution in [0.15, 0.2) is 33.8 Å². The minimum absolute atomic E-state index is 0.0225. The third-order valence-corrected chi connectivity index (χ3v) is 8.82. The largest absolute Gasteiger partial charge is 0.450 e. The molecule has 12 nitrogen and oxygen atoms in total. The average molecular weight is 609 g/mol. The first-order valence-electron chi connectivity index (χ1n) is 15.0. The minimum Gasteiger partial charge on any atom is -0.450 e. The molecule has 0 spiro atoms. The first kappa shape index (κ1) is 29.2. The van der Waals surface area contributed by atoms with E-state index in [9.17, 15) is 9.59 Å². The van der Waals surface area contributed by atoms with E-state index in [-0.39, 0.29) is 24.0 Å². The van der Waals surface area contributed by atoms with Gasteiger partial charge in [-0.1, -0.05) is 36.5 Å². The molecule has 5 heterocycles. The zero-order valence-corrected chi connectivity index (χ0v) is 25.7. The third kappa shape index (κ3) is 5.84. The Kier molecular flexibility index (Phi) is 8.13. The van der Waals surface area contributed by atoms with Crippen molar-refractivity contribution in [1.29, 1.82) is 0 Å². The molecule has 1 N–H and O–H groups in total. The van der Waals surface area contributed by atoms with Crippen molar-refractivity contribution in [2.45, 2.75) is 72.0 Å². The predicted molar refractivity (Wildman–Crippen MR) is 163 cm³/mol. The molecule has 0 radical (unpaired) electrons. The summed E-state index contributed by atoms with van der Waals surface area (Å²) in [6, 6.07) is 3.61. The van der Waals surface area contributed by atoms with Gasteiger partial charge in [-0.2, -0.15) is 0 Å². The maximum Gasteiger partial charge on any atom is 0.439 e. The number of carbonyl (C=O) groups is 1. The van der Waals surface area contributed by atoms with Crippen LogP contribution in [-0.4, -0.2) is 72.4 Å². The molecule has 2 atom stereocenters. The number of anilines is 1. The van der Waals surface area contributed by atoms with Gasteiger partial charge in [-0.3, -0.25) is 14.5 Å². The van der Waals surface area contributed by atoms with Crippen LogP contribution in [0.5, 0.6) is 0 Å². The maximum absolute atomic E-state index is 12.6. The highest BCUT2D eigenvalue weighted by Crippen LogP contribution is 2.38. The quantitative estimate of drug-likeness (QED) is 0.306. The van der Waals surface area contributed by atoms with Gasteiger partial charge in [-0.25, -0.2) is 19.6 Å². The number of nitrogens with one attached hydrogen (secondary N) is 1. The van der Waals surface area contributed by atoms with E-state index in [0.717, 1.165) is 42.3 Å². The van der Waals surface area contributed by atoms with Gasteiger partial charge in [-0.15, -0.1) is 0 Å². The predicted octanol–water partition coefficient (Wildman–Crippen LogP) is 5.37. The molecule has 0 bridgehead atoms. The van der Waals surface area contributed by atoms with E-state index >= 15 is 0 Å². The molecule has 1 amide bonds. The number of rotatable bonds is 6. The van der Waals surface area contributed by atoms with Gasteiger partial charge in [0.2, 0.25) is 11.8 Å². The Morgan fingerprint density at radius 1 is 1.09 bits per heavy atom. The lowest BCUT2D eigenvalue weighted by molar-refractivity contribution is 0.0940. The van der Waals surface area contributed by atoms with Gasteiger partial charge < -0.3 is 19.1 Å². The minimum atomic E-state index is -0.664. The summed E-state index contributed by atoms with van der Waals surface area (Å²) >= 11 is 6.40. The molecule has 228 valence electrons. The van der Waals surface area contributed by atoms with E-state index in [2.05, 4.69) is 45.4 Å². The number of pyridine rings is 2. The zero-order chi connectivity index (χ0) is 30.2. The smallest absolute Gasteiger partial charge is 0.439 e. The van der Waals surface area contributed by atoms with Crippen LogP contribution < -0.4 is 10.7 Å². The molecule has 4 aromatic rings. The highest BCUT2D eigenvalue weighted by atomic mass is 35.5. The van der Waals surface area contributed by atoms with Gasteiger partial charge in [0, 0.05) is 49.7 Å². The summed E-state index contributed by atoms with van der Waals surface area (Å²) in [5.74, 6) is 1.58. The zero-order valence-electron chi connectivity index (χ0n) is 24.9. The molecule has 6 rings (SSSR count). The van der Waals surface area contributed by atoms with Crippen LogP contribution in [0.4, 0.5) is 10.7 Å². The van der Waals surface area contributed by atoms with Crippen LogP contribution >= 0.6 is 11.6 Å². The standard InChI is InChI=1S/C30H37ClN8O4/c1-5-42-30(41)37-14-18(3)39(19(4)15-37)28-34-23-11-24(27-35-29(40)43-36-27)33-25(21-10-22(31)13-32-12-21)26(23)38(28)16-20-8-6-17(2)7-9-20/h10-13,17-20H,5-9,14-16H2,1-4H3,(H,35,36,40)/t17?,18-,19?,20?/m1/s1. The molecule has 0 aromatic carbocycles. The number of fused-ring (bicyclic) bond motifs is 1. The van der Waals surface area contributed by atoms with E-state index < -0.39 is 5.76 Å². The lowest BCUT2D eigenvalue weighted by Crippen LogP contribution is -2.59. The van der Waals surface area contributed by atoms with Gasteiger partial charge >= 0.3 is 11.8 Å². The first-order chi connectivity index (χ1) is 20.7. The fourth-order valence-corrected chi connectivity index (χ4v) is 6.74. The summed E-state index contributed by atoms with van der Waals surface area (Å²) in [6.45, 7) is 10.5. The van der Waals surface area contributed by atoms with Crippen molar-refractivity contribution in [2.75, 3.05) is 24.6 Å². The number of piperazine rings is 1. The SMILES string of the molecule is CCOC(=O)N1CC(C)N(c2nc3cc(-c4noc(=O)[nH]4)nc(-c4cncc(Cl)c4)c3n2CC2CCC(C)CC2)[C@H](C)C1. The Morgan fingerprint density at radius 3 is 2.49 bits per heavy atom. The number of carbonyl (C=O) groups excluding carboxylic acids is 1. The summed E-state index contributed by atoms with van der Waals surface area (Å²) in [7, 11) is 0. The Hall–Kier alpha value is -3.93. The molecule has 1 aliphatic heterocycles. The number of hydrogen-bond acceptors (Lipinski definition) is 9. The van der Waals surface area contributed by atoms with Crippen molar-refractivity contribution >= 4 is 34.7 Å². The summed E-state index contributed by atoms with van der Waals surface area (Å²) in [4.78, 5) is 45.7. The van der Waals surface area contributed by atoms with E-state index in [1.807, 2.05) is 19.1 Å². The topological polar surface area (TPSA) is 135 Å². The highest BCUT2D eigenvalue weighted by Gasteiger charge is 2.36. The number of aromatic amines is 1. The second-order valence-electron chi connectivity index (χ2n) is 11.9. The highest BCUT2D eigenvalue weighted by molar-refractivity contribution is 6.30. The molecule has 1 saturated heterocycles. The number of aromatic nitrogens is 6. The number of imidazole rings is 1. The summed E-state index contributed by atoms with van der Waals surface area (Å²) in [6.07, 6.45) is 7.70. The second-order valence-corrected chi connectivity index (χ2v) is 12.4. The van der Waals surface area contributed by atoms with Crippen molar-refractivity contribution in [3.05, 3.63) is 40.1 Å². The normalized spacial score (nSPS) is 22.7. The molecular weight excluding hydrogens is 572 g/mol. The lowest BCUT2D eigenvalue weighted by Gasteiger charge is -2.44. The van der Waals surface area contributed by atoms with E-state index in [4.69, 9.17) is 30.8 Å². The molecule has 43 heavy (non-hydrogen) atoms. The Balaban J connectivity index is 1.53. The maximum atomic E-state index is 12.6. The lowest BCUT2D eigenvalue weighted by atomic mass is 9.83. The number of amides is 1. The molecule has 2 fully saturated rings. The first-order valence-corrected chi connectivity index (χ1v) is 15.4. The van der Waals surface area contributed by atoms with Crippen molar-refractivity contribution in [3.63, 3.8) is 0 Å². The fourth-order valence-electron chi connectivity index (χ4n) is 6.57. The number of hydrogen-bond donors (Lipinski definition) is 1. The van der Waals surface area contributed by atoms with Gasteiger partial charge in [-0.05, 0) is 57.6 Å². The van der Waals surface area contributed by atoms with E-state index in [1.165, 1.54) is 12.8 Å². The Bertz CT molecular complexity index is 1660. The van der Waals surface area contributed by atoms with Crippen LogP contribution in [-0.2, 0) is 11.3 Å². The fraction of sp³-hybridized carbons (Fsp3) is 0.533. The average Bonchev–Trinajstić information content (AvgIpc) is 3.57. The van der Waals surface area contributed by atoms with Crippen LogP contribution in [0, 0.1) is 11.8 Å². The summed E-state index contributed by atoms with van der Waals surface area (Å²) in [5.41, 5.74) is 3.35. The van der Waals surface area contributed by atoms with Crippen LogP contribution in [0.25, 0.3) is 33.8 Å². The number of H-pyrrole nitrogens is 1. The Labute approximate surface area is 254 Å². The van der Waals surface area contributed by atoms with Crippen molar-refractivity contribution in [1.82, 2.24) is 34.6 Å². The summed E-state index contributed by atoms with van der Waals surface area (Å²) < 4.78 is 12.4. The van der Waals surface area contributed by atoms with E-state index in [1.54, 1.807) is 17.3 Å². The molecule has 13 heteroatoms. The van der Waals surface area contributed by atoms with Crippen LogP contribution in [0.1, 0.15) is 53.4 Å². The molecule has 4 aromatic heterocycles. The number of ether oxygens (including phenoxy) is 1. The van der Waals surface area contributed by atoms with Crippen molar-refractivity contribution < 1.29 is 14.1 Å². The van der Waals surface area contributed by atoms with Crippen LogP contribution in [0.2, 0.25) is 5.02 Å². The van der Waals surface area contributed by atoms with E-state index in [0.29, 0.717) is 47.5 Å². The van der Waals surface area contributed by atoms with Gasteiger partial charge in [0.05, 0.1) is 28.4 Å². The van der Waals surface area contributed by atoms with Gasteiger partial charge in [0.25, 0.3) is 0 Å². The van der Waals surface area contributed by atoms with Gasteiger partial charge in [0.1, 0.15) is 5.69 Å². The van der Waals surface area contributed by atoms with Gasteiger partial charge in [0.15, 0.2) is 0 Å². The number of halogens is 1. The van der Waals surface area contributed by atoms with Crippen LogP contribution in [0.3, 0.4) is 0 Å². The Morgan fingerprint density at radius 2 is 1.84 bits per heavy atom. The summed E-state index contributed by atoms with van der Waals surface area (Å²) in [5, 5.41) is 4.37. The van der Waals surface area contributed by atoms with Crippen molar-refractivity contribution in [2.24, 2.45) is 11.8 Å². The molecule has 1 saturated carbocycles. The molecule has 1 unspecified atom stereocenters. The number of nitrogens with zero attached hydrogens (tertiary/aromatic N) is 7. The molecule has 1 aliphatic carbocycles. The monoisotopic (exact) mass is 608 g/mol. The van der Waals surface area contributed by atoms with Crippen molar-refractivity contribution in [3.8, 4) is 22.8 Å². The molecular formula is C30H37ClN8O4.